The number of Topliss-reactive ketones (excluding diaryl/α,β-unsaturated/α-hetero) is 1. The molecular weight excluding hydrogens is 273 g/mol. The van der Waals surface area contributed by atoms with Crippen molar-refractivity contribution in [2.75, 3.05) is 7.11 Å². The van der Waals surface area contributed by atoms with E-state index in [2.05, 4.69) is 0 Å². The average molecular weight is 285 g/mol. The van der Waals surface area contributed by atoms with Crippen LogP contribution in [0.5, 0.6) is 17.2 Å². The van der Waals surface area contributed by atoms with Crippen LogP contribution in [0, 0.1) is 17.1 Å². The fraction of sp³-hybridized carbons (Fsp3) is 0.125. The summed E-state index contributed by atoms with van der Waals surface area (Å²) < 4.78 is 24.5. The summed E-state index contributed by atoms with van der Waals surface area (Å²) >= 11 is 0. The van der Waals surface area contributed by atoms with Crippen molar-refractivity contribution in [2.45, 2.75) is 6.92 Å². The molecule has 0 spiro atoms. The smallest absolute Gasteiger partial charge is 0.169 e. The van der Waals surface area contributed by atoms with Crippen molar-refractivity contribution in [1.29, 1.82) is 5.26 Å². The molecule has 2 aromatic rings. The molecule has 106 valence electrons. The van der Waals surface area contributed by atoms with Gasteiger partial charge in [0.2, 0.25) is 0 Å². The minimum absolute atomic E-state index is 0.0250. The number of hydrogen-bond acceptors (Lipinski definition) is 4. The van der Waals surface area contributed by atoms with Crippen LogP contribution in [0.2, 0.25) is 0 Å². The number of rotatable bonds is 4. The van der Waals surface area contributed by atoms with Crippen LogP contribution in [0.15, 0.2) is 36.4 Å². The van der Waals surface area contributed by atoms with E-state index in [-0.39, 0.29) is 22.8 Å². The second-order valence-electron chi connectivity index (χ2n) is 4.28. The quantitative estimate of drug-likeness (QED) is 0.804. The maximum Gasteiger partial charge on any atom is 0.169 e. The molecule has 0 atom stereocenters. The molecule has 0 radical (unpaired) electrons. The fourth-order valence-corrected chi connectivity index (χ4v) is 1.74. The molecule has 0 aliphatic heterocycles. The number of nitriles is 1. The normalized spacial score (nSPS) is 9.81. The summed E-state index contributed by atoms with van der Waals surface area (Å²) in [4.78, 5) is 11.2. The third-order valence-corrected chi connectivity index (χ3v) is 2.85. The Morgan fingerprint density at radius 1 is 1.14 bits per heavy atom. The summed E-state index contributed by atoms with van der Waals surface area (Å²) in [5.41, 5.74) is 0.679. The van der Waals surface area contributed by atoms with E-state index in [1.54, 1.807) is 6.07 Å². The second kappa shape index (κ2) is 6.06. The van der Waals surface area contributed by atoms with E-state index in [0.29, 0.717) is 11.3 Å². The largest absolute Gasteiger partial charge is 0.493 e. The molecular formula is C16H12FNO3. The van der Waals surface area contributed by atoms with Gasteiger partial charge >= 0.3 is 0 Å². The Kier molecular flexibility index (Phi) is 4.19. The lowest BCUT2D eigenvalue weighted by Gasteiger charge is -2.11. The highest BCUT2D eigenvalue weighted by Crippen LogP contribution is 2.33. The lowest BCUT2D eigenvalue weighted by molar-refractivity contribution is 0.101. The molecule has 5 heteroatoms. The fourth-order valence-electron chi connectivity index (χ4n) is 1.74. The lowest BCUT2D eigenvalue weighted by atomic mass is 10.1. The van der Waals surface area contributed by atoms with E-state index < -0.39 is 5.82 Å². The maximum absolute atomic E-state index is 13.9. The molecule has 21 heavy (non-hydrogen) atoms. The van der Waals surface area contributed by atoms with Crippen molar-refractivity contribution in [3.8, 4) is 23.3 Å². The van der Waals surface area contributed by atoms with Crippen LogP contribution in [-0.4, -0.2) is 12.9 Å². The first-order valence-corrected chi connectivity index (χ1v) is 6.11. The van der Waals surface area contributed by atoms with Crippen molar-refractivity contribution in [3.63, 3.8) is 0 Å². The number of methoxy groups -OCH3 is 1. The molecule has 2 aromatic carbocycles. The molecule has 0 aliphatic carbocycles. The molecule has 2 rings (SSSR count). The second-order valence-corrected chi connectivity index (χ2v) is 4.28. The summed E-state index contributed by atoms with van der Waals surface area (Å²) in [7, 11) is 1.43. The summed E-state index contributed by atoms with van der Waals surface area (Å²) in [5.74, 6) is -0.288. The first-order valence-electron chi connectivity index (χ1n) is 6.11. The zero-order chi connectivity index (χ0) is 15.4. The van der Waals surface area contributed by atoms with Gasteiger partial charge in [0.15, 0.2) is 28.8 Å². The lowest BCUT2D eigenvalue weighted by Crippen LogP contribution is -1.96. The van der Waals surface area contributed by atoms with Gasteiger partial charge in [0.05, 0.1) is 18.7 Å². The van der Waals surface area contributed by atoms with Gasteiger partial charge in [-0.15, -0.1) is 0 Å². The van der Waals surface area contributed by atoms with Crippen LogP contribution in [-0.2, 0) is 0 Å². The molecule has 0 fully saturated rings. The zero-order valence-corrected chi connectivity index (χ0v) is 11.5. The molecule has 0 heterocycles. The molecule has 0 bridgehead atoms. The Morgan fingerprint density at radius 3 is 2.43 bits per heavy atom. The van der Waals surface area contributed by atoms with Crippen LogP contribution < -0.4 is 9.47 Å². The topological polar surface area (TPSA) is 59.3 Å². The molecule has 0 N–H and O–H groups in total. The van der Waals surface area contributed by atoms with Crippen molar-refractivity contribution in [2.24, 2.45) is 0 Å². The minimum atomic E-state index is -0.644. The van der Waals surface area contributed by atoms with Crippen LogP contribution in [0.1, 0.15) is 22.8 Å². The van der Waals surface area contributed by atoms with E-state index in [4.69, 9.17) is 14.7 Å². The number of carbonyl (C=O) groups excluding carboxylic acids is 1. The highest BCUT2D eigenvalue weighted by atomic mass is 19.1. The number of ketones is 1. The molecule has 0 amide bonds. The Bertz CT molecular complexity index is 735. The maximum atomic E-state index is 13.9. The van der Waals surface area contributed by atoms with Crippen LogP contribution in [0.25, 0.3) is 0 Å². The number of nitrogens with zero attached hydrogens (tertiary/aromatic N) is 1. The van der Waals surface area contributed by atoms with E-state index in [1.807, 2.05) is 6.07 Å². The van der Waals surface area contributed by atoms with E-state index in [1.165, 1.54) is 38.3 Å². The first kappa shape index (κ1) is 14.5. The standard InChI is InChI=1S/C16H12FNO3/c1-10(19)12-4-6-14(13(17)8-12)21-15-5-3-11(9-18)7-16(15)20-2/h3-8H,1-2H3. The Hall–Kier alpha value is -2.87. The van der Waals surface area contributed by atoms with Crippen molar-refractivity contribution in [3.05, 3.63) is 53.3 Å². The van der Waals surface area contributed by atoms with Gasteiger partial charge in [0.1, 0.15) is 0 Å². The molecule has 0 saturated heterocycles. The predicted molar refractivity (Wildman–Crippen MR) is 74.2 cm³/mol. The number of benzene rings is 2. The molecule has 0 unspecified atom stereocenters. The summed E-state index contributed by atoms with van der Waals surface area (Å²) in [6.07, 6.45) is 0. The minimum Gasteiger partial charge on any atom is -0.493 e. The summed E-state index contributed by atoms with van der Waals surface area (Å²) in [6, 6.07) is 10.5. The van der Waals surface area contributed by atoms with Gasteiger partial charge in [0, 0.05) is 11.6 Å². The number of ether oxygens (including phenoxy) is 2. The highest BCUT2D eigenvalue weighted by molar-refractivity contribution is 5.94. The number of hydrogen-bond donors (Lipinski definition) is 0. The van der Waals surface area contributed by atoms with Crippen LogP contribution >= 0.6 is 0 Å². The monoisotopic (exact) mass is 285 g/mol. The van der Waals surface area contributed by atoms with E-state index in [0.717, 1.165) is 6.07 Å². The third kappa shape index (κ3) is 3.18. The van der Waals surface area contributed by atoms with Gasteiger partial charge in [-0.25, -0.2) is 4.39 Å². The first-order chi connectivity index (χ1) is 10.0. The highest BCUT2D eigenvalue weighted by Gasteiger charge is 2.12. The summed E-state index contributed by atoms with van der Waals surface area (Å²) in [5, 5.41) is 8.83. The average Bonchev–Trinajstić information content (AvgIpc) is 2.49. The van der Waals surface area contributed by atoms with Crippen LogP contribution in [0.4, 0.5) is 4.39 Å². The van der Waals surface area contributed by atoms with Gasteiger partial charge in [-0.1, -0.05) is 0 Å². The zero-order valence-electron chi connectivity index (χ0n) is 11.5. The Morgan fingerprint density at radius 2 is 1.86 bits per heavy atom. The Labute approximate surface area is 121 Å². The Balaban J connectivity index is 2.34. The SMILES string of the molecule is COc1cc(C#N)ccc1Oc1ccc(C(C)=O)cc1F. The van der Waals surface area contributed by atoms with Crippen LogP contribution in [0.3, 0.4) is 0 Å². The molecule has 0 saturated carbocycles. The van der Waals surface area contributed by atoms with Crippen molar-refractivity contribution < 1.29 is 18.7 Å². The van der Waals surface area contributed by atoms with Gasteiger partial charge < -0.3 is 9.47 Å². The number of carbonyl (C=O) groups is 1. The molecule has 4 nitrogen and oxygen atoms in total. The van der Waals surface area contributed by atoms with E-state index in [9.17, 15) is 9.18 Å². The van der Waals surface area contributed by atoms with E-state index >= 15 is 0 Å². The number of halogens is 1. The van der Waals surface area contributed by atoms with Gasteiger partial charge in [-0.3, -0.25) is 4.79 Å². The van der Waals surface area contributed by atoms with Gasteiger partial charge in [-0.2, -0.15) is 5.26 Å². The van der Waals surface area contributed by atoms with Crippen molar-refractivity contribution >= 4 is 5.78 Å². The van der Waals surface area contributed by atoms with Gasteiger partial charge in [0.25, 0.3) is 0 Å². The summed E-state index contributed by atoms with van der Waals surface area (Å²) in [6.45, 7) is 1.36. The third-order valence-electron chi connectivity index (χ3n) is 2.85. The predicted octanol–water partition coefficient (Wildman–Crippen LogP) is 3.70. The molecule has 0 aromatic heterocycles. The molecule has 0 aliphatic rings. The van der Waals surface area contributed by atoms with Gasteiger partial charge in [-0.05, 0) is 37.3 Å². The van der Waals surface area contributed by atoms with Crippen molar-refractivity contribution in [1.82, 2.24) is 0 Å².